The summed E-state index contributed by atoms with van der Waals surface area (Å²) in [6, 6.07) is 11.7. The molecule has 1 aliphatic carbocycles. The van der Waals surface area contributed by atoms with Crippen LogP contribution in [0, 0.1) is 22.6 Å². The normalized spacial score (nSPS) is 25.2. The summed E-state index contributed by atoms with van der Waals surface area (Å²) in [5.74, 6) is -3.15. The second-order valence-corrected chi connectivity index (χ2v) is 8.24. The number of carboxylic acid groups (broad SMARTS) is 1. The van der Waals surface area contributed by atoms with Gasteiger partial charge in [-0.25, -0.2) is 12.8 Å². The first-order chi connectivity index (χ1) is 11.7. The van der Waals surface area contributed by atoms with Crippen LogP contribution in [-0.2, 0) is 14.6 Å². The molecular weight excluding hydrogens is 369 g/mol. The highest BCUT2D eigenvalue weighted by molar-refractivity contribution is 7.92. The van der Waals surface area contributed by atoms with Gasteiger partial charge in [0.15, 0.2) is 15.3 Å². The standard InChI is InChI=1S/C17H11ClFNO4S/c18-11-3-7-13(8-4-11)25(23,24)15-14(17(15,9-20)16(21)22)10-1-5-12(19)6-2-10/h1-8,14-15H,(H,21,22)/t14-,15-,17+/m1/s1. The summed E-state index contributed by atoms with van der Waals surface area (Å²) in [6.45, 7) is 0. The number of aliphatic carboxylic acids is 1. The molecule has 0 unspecified atom stereocenters. The fourth-order valence-electron chi connectivity index (χ4n) is 3.09. The van der Waals surface area contributed by atoms with Crippen LogP contribution in [-0.4, -0.2) is 24.7 Å². The number of nitriles is 1. The molecule has 3 atom stereocenters. The lowest BCUT2D eigenvalue weighted by Crippen LogP contribution is -2.22. The van der Waals surface area contributed by atoms with Crippen molar-refractivity contribution in [2.24, 2.45) is 5.41 Å². The maximum atomic E-state index is 13.1. The van der Waals surface area contributed by atoms with Gasteiger partial charge < -0.3 is 5.11 Å². The average Bonchev–Trinajstić information content (AvgIpc) is 3.27. The van der Waals surface area contributed by atoms with Gasteiger partial charge >= 0.3 is 5.97 Å². The van der Waals surface area contributed by atoms with Crippen molar-refractivity contribution in [3.8, 4) is 6.07 Å². The summed E-state index contributed by atoms with van der Waals surface area (Å²) in [4.78, 5) is 11.6. The molecule has 0 aromatic heterocycles. The van der Waals surface area contributed by atoms with Crippen LogP contribution in [0.1, 0.15) is 11.5 Å². The van der Waals surface area contributed by atoms with E-state index in [0.717, 1.165) is 12.1 Å². The van der Waals surface area contributed by atoms with Crippen molar-refractivity contribution in [1.82, 2.24) is 0 Å². The molecule has 0 radical (unpaired) electrons. The summed E-state index contributed by atoms with van der Waals surface area (Å²) in [5.41, 5.74) is -1.83. The van der Waals surface area contributed by atoms with E-state index in [0.29, 0.717) is 5.02 Å². The fourth-order valence-corrected chi connectivity index (χ4v) is 5.47. The molecule has 0 amide bonds. The van der Waals surface area contributed by atoms with E-state index in [9.17, 15) is 28.0 Å². The molecule has 1 saturated carbocycles. The highest BCUT2D eigenvalue weighted by Crippen LogP contribution is 2.64. The first-order valence-corrected chi connectivity index (χ1v) is 9.07. The highest BCUT2D eigenvalue weighted by Gasteiger charge is 2.77. The average molecular weight is 380 g/mol. The monoisotopic (exact) mass is 379 g/mol. The number of benzene rings is 2. The van der Waals surface area contributed by atoms with Crippen LogP contribution >= 0.6 is 11.6 Å². The predicted molar refractivity (Wildman–Crippen MR) is 87.2 cm³/mol. The van der Waals surface area contributed by atoms with E-state index in [1.807, 2.05) is 0 Å². The molecule has 128 valence electrons. The summed E-state index contributed by atoms with van der Waals surface area (Å²) in [6.07, 6.45) is 0. The van der Waals surface area contributed by atoms with Crippen LogP contribution in [0.15, 0.2) is 53.4 Å². The summed E-state index contributed by atoms with van der Waals surface area (Å²) in [5, 5.41) is 17.8. The van der Waals surface area contributed by atoms with Crippen LogP contribution in [0.3, 0.4) is 0 Å². The van der Waals surface area contributed by atoms with Gasteiger partial charge in [-0.1, -0.05) is 23.7 Å². The second-order valence-electron chi connectivity index (χ2n) is 5.73. The van der Waals surface area contributed by atoms with Gasteiger partial charge in [-0.05, 0) is 42.0 Å². The van der Waals surface area contributed by atoms with E-state index in [1.165, 1.54) is 36.4 Å². The first kappa shape index (κ1) is 17.4. The van der Waals surface area contributed by atoms with Crippen molar-refractivity contribution >= 4 is 27.4 Å². The van der Waals surface area contributed by atoms with Gasteiger partial charge in [-0.3, -0.25) is 4.79 Å². The highest BCUT2D eigenvalue weighted by atomic mass is 35.5. The number of nitrogens with zero attached hydrogens (tertiary/aromatic N) is 1. The van der Waals surface area contributed by atoms with Crippen LogP contribution in [0.5, 0.6) is 0 Å². The Labute approximate surface area is 148 Å². The molecule has 1 aliphatic rings. The molecule has 1 fully saturated rings. The maximum Gasteiger partial charge on any atom is 0.326 e. The van der Waals surface area contributed by atoms with Crippen molar-refractivity contribution < 1.29 is 22.7 Å². The SMILES string of the molecule is N#C[C@]1(C(=O)O)[C@H](c2ccc(F)cc2)[C@H]1S(=O)(=O)c1ccc(Cl)cc1. The second kappa shape index (κ2) is 5.83. The molecule has 0 bridgehead atoms. The largest absolute Gasteiger partial charge is 0.480 e. The van der Waals surface area contributed by atoms with Gasteiger partial charge in [0, 0.05) is 10.9 Å². The molecule has 25 heavy (non-hydrogen) atoms. The molecule has 0 spiro atoms. The van der Waals surface area contributed by atoms with Gasteiger partial charge in [-0.2, -0.15) is 5.26 Å². The van der Waals surface area contributed by atoms with E-state index in [-0.39, 0.29) is 10.5 Å². The van der Waals surface area contributed by atoms with Crippen molar-refractivity contribution in [2.75, 3.05) is 0 Å². The Morgan fingerprint density at radius 1 is 1.16 bits per heavy atom. The molecule has 0 heterocycles. The number of sulfone groups is 1. The zero-order chi connectivity index (χ0) is 18.4. The van der Waals surface area contributed by atoms with Gasteiger partial charge in [0.2, 0.25) is 0 Å². The van der Waals surface area contributed by atoms with Crippen molar-refractivity contribution in [2.45, 2.75) is 16.1 Å². The number of rotatable bonds is 4. The Kier molecular flexibility index (Phi) is 4.06. The van der Waals surface area contributed by atoms with E-state index >= 15 is 0 Å². The molecule has 2 aromatic rings. The van der Waals surface area contributed by atoms with Gasteiger partial charge in [0.05, 0.1) is 11.0 Å². The minimum atomic E-state index is -4.11. The molecule has 2 aromatic carbocycles. The van der Waals surface area contributed by atoms with Crippen LogP contribution in [0.25, 0.3) is 0 Å². The maximum absolute atomic E-state index is 13.1. The lowest BCUT2D eigenvalue weighted by Gasteiger charge is -2.05. The summed E-state index contributed by atoms with van der Waals surface area (Å²) < 4.78 is 38.9. The van der Waals surface area contributed by atoms with E-state index in [2.05, 4.69) is 0 Å². The zero-order valence-electron chi connectivity index (χ0n) is 12.6. The van der Waals surface area contributed by atoms with Gasteiger partial charge in [-0.15, -0.1) is 0 Å². The molecule has 3 rings (SSSR count). The number of halogens is 2. The van der Waals surface area contributed by atoms with Crippen molar-refractivity contribution in [3.63, 3.8) is 0 Å². The topological polar surface area (TPSA) is 95.2 Å². The smallest absolute Gasteiger partial charge is 0.326 e. The minimum absolute atomic E-state index is 0.118. The molecule has 8 heteroatoms. The summed E-state index contributed by atoms with van der Waals surface area (Å²) >= 11 is 5.75. The molecule has 0 saturated heterocycles. The molecule has 1 N–H and O–H groups in total. The third-order valence-corrected chi connectivity index (χ3v) is 6.87. The Hall–Kier alpha value is -2.43. The predicted octanol–water partition coefficient (Wildman–Crippen LogP) is 3.01. The van der Waals surface area contributed by atoms with Crippen LogP contribution < -0.4 is 0 Å². The van der Waals surface area contributed by atoms with Crippen molar-refractivity contribution in [3.05, 3.63) is 64.9 Å². The molecular formula is C17H11ClFNO4S. The number of carboxylic acids is 1. The lowest BCUT2D eigenvalue weighted by molar-refractivity contribution is -0.141. The Morgan fingerprint density at radius 2 is 1.72 bits per heavy atom. The van der Waals surface area contributed by atoms with E-state index < -0.39 is 38.2 Å². The Bertz CT molecular complexity index is 983. The summed E-state index contributed by atoms with van der Waals surface area (Å²) in [7, 11) is -4.11. The Morgan fingerprint density at radius 3 is 2.20 bits per heavy atom. The van der Waals surface area contributed by atoms with Crippen molar-refractivity contribution in [1.29, 1.82) is 5.26 Å². The lowest BCUT2D eigenvalue weighted by atomic mass is 10.0. The fraction of sp³-hybridized carbons (Fsp3) is 0.176. The molecule has 5 nitrogen and oxygen atoms in total. The minimum Gasteiger partial charge on any atom is -0.480 e. The van der Waals surface area contributed by atoms with Crippen LogP contribution in [0.4, 0.5) is 4.39 Å². The van der Waals surface area contributed by atoms with Gasteiger partial charge in [0.1, 0.15) is 11.1 Å². The third-order valence-electron chi connectivity index (χ3n) is 4.38. The first-order valence-electron chi connectivity index (χ1n) is 7.14. The number of hydrogen-bond donors (Lipinski definition) is 1. The molecule has 0 aliphatic heterocycles. The number of hydrogen-bond acceptors (Lipinski definition) is 4. The Balaban J connectivity index is 2.12. The quantitative estimate of drug-likeness (QED) is 0.880. The van der Waals surface area contributed by atoms with E-state index in [1.54, 1.807) is 6.07 Å². The van der Waals surface area contributed by atoms with Crippen LogP contribution in [0.2, 0.25) is 5.02 Å². The number of carbonyl (C=O) groups is 1. The third kappa shape index (κ3) is 2.58. The van der Waals surface area contributed by atoms with Gasteiger partial charge in [0.25, 0.3) is 0 Å². The zero-order valence-corrected chi connectivity index (χ0v) is 14.1. The van der Waals surface area contributed by atoms with E-state index in [4.69, 9.17) is 11.6 Å².